The van der Waals surface area contributed by atoms with Crippen molar-refractivity contribution in [3.63, 3.8) is 0 Å². The number of hydrogen-bond acceptors (Lipinski definition) is 5. The molecule has 5 nitrogen and oxygen atoms in total. The Labute approximate surface area is 161 Å². The largest absolute Gasteiger partial charge is 0.530 e. The second-order valence-corrected chi connectivity index (χ2v) is 6.13. The summed E-state index contributed by atoms with van der Waals surface area (Å²) in [4.78, 5) is 9.59. The molecule has 0 radical (unpaired) electrons. The lowest BCUT2D eigenvalue weighted by molar-refractivity contribution is 0.198. The highest BCUT2D eigenvalue weighted by molar-refractivity contribution is 7.43. The van der Waals surface area contributed by atoms with Crippen LogP contribution < -0.4 is 13.6 Å². The Morgan fingerprint density at radius 2 is 0.926 bits per heavy atom. The predicted molar refractivity (Wildman–Crippen MR) is 109 cm³/mol. The van der Waals surface area contributed by atoms with E-state index in [0.29, 0.717) is 17.2 Å². The Bertz CT molecular complexity index is 689. The van der Waals surface area contributed by atoms with E-state index >= 15 is 0 Å². The van der Waals surface area contributed by atoms with Gasteiger partial charge in [-0.25, -0.2) is 0 Å². The van der Waals surface area contributed by atoms with Crippen molar-refractivity contribution in [2.45, 2.75) is 0 Å². The molecule has 0 N–H and O–H groups in total. The van der Waals surface area contributed by atoms with Gasteiger partial charge < -0.3 is 18.3 Å². The molecule has 3 rings (SSSR count). The minimum Gasteiger partial charge on any atom is -0.477 e. The van der Waals surface area contributed by atoms with E-state index in [1.807, 2.05) is 91.0 Å². The fraction of sp³-hybridized carbons (Fsp3) is 0.0500. The molecule has 138 valence electrons. The quantitative estimate of drug-likeness (QED) is 0.451. The third kappa shape index (κ3) is 8.30. The Morgan fingerprint density at radius 1 is 0.667 bits per heavy atom. The monoisotopic (exact) mass is 382 g/mol. The van der Waals surface area contributed by atoms with Crippen molar-refractivity contribution in [3.8, 4) is 17.2 Å². The third-order valence-corrected chi connectivity index (χ3v) is 4.14. The normalized spacial score (nSPS) is 9.56. The van der Waals surface area contributed by atoms with Crippen LogP contribution in [0.1, 0.15) is 0 Å². The standard InChI is InChI=1S/C18H15O3P.C2H5BO2/c1-4-10-16(11-5-1)19-22(20-17-12-6-2-7-13-17)21-18-14-8-3-9-15-18;1-5-2(3)4/h1-15H;3H2,1H3. The van der Waals surface area contributed by atoms with Crippen LogP contribution in [0, 0.1) is 0 Å². The minimum absolute atomic E-state index is 0.245. The highest BCUT2D eigenvalue weighted by Crippen LogP contribution is 2.41. The maximum absolute atomic E-state index is 9.59. The van der Waals surface area contributed by atoms with Crippen molar-refractivity contribution in [1.29, 1.82) is 0 Å². The van der Waals surface area contributed by atoms with Gasteiger partial charge in [-0.1, -0.05) is 54.6 Å². The SMILES string of the molecule is BC(=O)OC.c1ccc(OP(Oc2ccccc2)Oc2ccccc2)cc1. The Morgan fingerprint density at radius 3 is 1.15 bits per heavy atom. The fourth-order valence-electron chi connectivity index (χ4n) is 1.76. The highest BCUT2D eigenvalue weighted by Gasteiger charge is 2.19. The summed E-state index contributed by atoms with van der Waals surface area (Å²) in [6.07, 6.45) is 0. The van der Waals surface area contributed by atoms with Crippen molar-refractivity contribution in [1.82, 2.24) is 0 Å². The molecule has 0 saturated heterocycles. The molecule has 0 amide bonds. The topological polar surface area (TPSA) is 54.0 Å². The first-order valence-corrected chi connectivity index (χ1v) is 9.30. The molecular weight excluding hydrogens is 362 g/mol. The molecule has 0 unspecified atom stereocenters. The lowest BCUT2D eigenvalue weighted by Gasteiger charge is -2.17. The number of carbonyl (C=O) groups is 1. The van der Waals surface area contributed by atoms with Crippen molar-refractivity contribution >= 4 is 22.3 Å². The Kier molecular flexibility index (Phi) is 8.74. The van der Waals surface area contributed by atoms with Gasteiger partial charge in [-0.3, -0.25) is 4.79 Å². The minimum atomic E-state index is -1.59. The maximum atomic E-state index is 9.59. The van der Waals surface area contributed by atoms with Gasteiger partial charge in [0.1, 0.15) is 17.2 Å². The summed E-state index contributed by atoms with van der Waals surface area (Å²) >= 11 is 0. The van der Waals surface area contributed by atoms with E-state index < -0.39 is 8.60 Å². The lowest BCUT2D eigenvalue weighted by Crippen LogP contribution is -2.02. The molecule has 0 fully saturated rings. The maximum Gasteiger partial charge on any atom is 0.530 e. The van der Waals surface area contributed by atoms with Gasteiger partial charge in [0, 0.05) is 0 Å². The lowest BCUT2D eigenvalue weighted by atomic mass is 10.2. The first-order chi connectivity index (χ1) is 13.2. The smallest absolute Gasteiger partial charge is 0.477 e. The van der Waals surface area contributed by atoms with E-state index in [-0.39, 0.29) is 5.87 Å². The molecule has 3 aromatic rings. The van der Waals surface area contributed by atoms with Crippen LogP contribution in [0.3, 0.4) is 0 Å². The number of ether oxygens (including phenoxy) is 1. The molecule has 27 heavy (non-hydrogen) atoms. The molecule has 0 aliphatic heterocycles. The van der Waals surface area contributed by atoms with Crippen LogP contribution in [0.4, 0.5) is 4.79 Å². The van der Waals surface area contributed by atoms with Crippen LogP contribution in [0.5, 0.6) is 17.2 Å². The van der Waals surface area contributed by atoms with E-state index in [1.165, 1.54) is 15.0 Å². The molecule has 7 heteroatoms. The summed E-state index contributed by atoms with van der Waals surface area (Å²) in [5, 5.41) is 0. The summed E-state index contributed by atoms with van der Waals surface area (Å²) < 4.78 is 21.6. The number of rotatable bonds is 6. The summed E-state index contributed by atoms with van der Waals surface area (Å²) in [7, 11) is 1.12. The number of methoxy groups -OCH3 is 1. The predicted octanol–water partition coefficient (Wildman–Crippen LogP) is 4.84. The zero-order valence-electron chi connectivity index (χ0n) is 15.1. The Balaban J connectivity index is 0.000000465. The van der Waals surface area contributed by atoms with Gasteiger partial charge in [-0.05, 0) is 36.4 Å². The molecule has 0 aliphatic rings. The van der Waals surface area contributed by atoms with Crippen LogP contribution in [0.25, 0.3) is 0 Å². The van der Waals surface area contributed by atoms with E-state index in [9.17, 15) is 4.79 Å². The van der Waals surface area contributed by atoms with Crippen LogP contribution in [-0.2, 0) is 4.74 Å². The van der Waals surface area contributed by atoms with Gasteiger partial charge in [0.15, 0.2) is 0 Å². The molecular formula is C20H20BO5P. The molecule has 0 aliphatic carbocycles. The molecule has 0 atom stereocenters. The van der Waals surface area contributed by atoms with Crippen molar-refractivity contribution < 1.29 is 23.1 Å². The van der Waals surface area contributed by atoms with E-state index in [4.69, 9.17) is 13.6 Å². The second kappa shape index (κ2) is 11.6. The average molecular weight is 382 g/mol. The van der Waals surface area contributed by atoms with Gasteiger partial charge in [0.05, 0.1) is 7.11 Å². The van der Waals surface area contributed by atoms with Crippen LogP contribution in [0.2, 0.25) is 0 Å². The number of para-hydroxylation sites is 3. The number of carbonyl (C=O) groups excluding carboxylic acids is 1. The second-order valence-electron chi connectivity index (χ2n) is 5.13. The summed E-state index contributed by atoms with van der Waals surface area (Å²) in [5.74, 6) is 1.88. The zero-order valence-corrected chi connectivity index (χ0v) is 16.0. The first kappa shape index (κ1) is 20.3. The number of hydrogen-bond donors (Lipinski definition) is 0. The van der Waals surface area contributed by atoms with Gasteiger partial charge >= 0.3 is 8.60 Å². The van der Waals surface area contributed by atoms with Gasteiger partial charge in [0.2, 0.25) is 13.7 Å². The van der Waals surface area contributed by atoms with Crippen LogP contribution in [0.15, 0.2) is 91.0 Å². The average Bonchev–Trinajstić information content (AvgIpc) is 2.71. The Hall–Kier alpha value is -2.98. The fourth-order valence-corrected chi connectivity index (χ4v) is 2.75. The van der Waals surface area contributed by atoms with Crippen molar-refractivity contribution in [2.75, 3.05) is 7.11 Å². The third-order valence-electron chi connectivity index (χ3n) is 3.06. The summed E-state index contributed by atoms with van der Waals surface area (Å²) in [5.41, 5.74) is 0. The zero-order chi connectivity index (χ0) is 19.3. The molecule has 0 aromatic heterocycles. The molecule has 0 bridgehead atoms. The molecule has 0 saturated carbocycles. The summed E-state index contributed by atoms with van der Waals surface area (Å²) in [6.45, 7) is 0. The highest BCUT2D eigenvalue weighted by atomic mass is 31.2. The summed E-state index contributed by atoms with van der Waals surface area (Å²) in [6, 6.07) is 28.5. The van der Waals surface area contributed by atoms with Crippen LogP contribution >= 0.6 is 8.60 Å². The van der Waals surface area contributed by atoms with Crippen LogP contribution in [-0.4, -0.2) is 20.8 Å². The van der Waals surface area contributed by atoms with E-state index in [1.54, 1.807) is 0 Å². The first-order valence-electron chi connectivity index (χ1n) is 8.21. The van der Waals surface area contributed by atoms with Gasteiger partial charge in [-0.15, -0.1) is 0 Å². The molecule has 3 aromatic carbocycles. The van der Waals surface area contributed by atoms with Gasteiger partial charge in [-0.2, -0.15) is 0 Å². The molecule has 0 heterocycles. The van der Waals surface area contributed by atoms with Gasteiger partial charge in [0.25, 0.3) is 0 Å². The van der Waals surface area contributed by atoms with E-state index in [2.05, 4.69) is 4.74 Å². The van der Waals surface area contributed by atoms with Crippen molar-refractivity contribution in [3.05, 3.63) is 91.0 Å². The van der Waals surface area contributed by atoms with Crippen molar-refractivity contribution in [2.24, 2.45) is 0 Å². The van der Waals surface area contributed by atoms with E-state index in [0.717, 1.165) is 0 Å². The number of benzene rings is 3. The molecule has 0 spiro atoms.